The second-order valence-electron chi connectivity index (χ2n) is 7.11. The lowest BCUT2D eigenvalue weighted by Gasteiger charge is -2.38. The molecule has 2 fully saturated rings. The van der Waals surface area contributed by atoms with E-state index in [9.17, 15) is 0 Å². The molecule has 1 saturated carbocycles. The van der Waals surface area contributed by atoms with Gasteiger partial charge in [0.2, 0.25) is 5.88 Å². The third-order valence-electron chi connectivity index (χ3n) is 5.44. The third-order valence-corrected chi connectivity index (χ3v) is 6.18. The number of nitrogens with zero attached hydrogens (tertiary/aromatic N) is 3. The van der Waals surface area contributed by atoms with E-state index in [2.05, 4.69) is 10.00 Å². The maximum absolute atomic E-state index is 6.08. The Morgan fingerprint density at radius 1 is 1.04 bits per heavy atom. The average Bonchev–Trinajstić information content (AvgIpc) is 3.26. The first-order chi connectivity index (χ1) is 12.2. The SMILES string of the molecule is Clc1ccc(-n2ccc(OC[C@@H]3CCC3CN3CCCC3)n2)cc1Cl. The van der Waals surface area contributed by atoms with Crippen molar-refractivity contribution in [2.75, 3.05) is 26.2 Å². The molecule has 25 heavy (non-hydrogen) atoms. The lowest BCUT2D eigenvalue weighted by molar-refractivity contribution is 0.0732. The number of likely N-dealkylation sites (tertiary alicyclic amines) is 1. The highest BCUT2D eigenvalue weighted by Crippen LogP contribution is 2.36. The number of ether oxygens (including phenoxy) is 1. The van der Waals surface area contributed by atoms with E-state index in [1.54, 1.807) is 16.8 Å². The van der Waals surface area contributed by atoms with Gasteiger partial charge in [-0.25, -0.2) is 4.68 Å². The van der Waals surface area contributed by atoms with Crippen LogP contribution in [-0.2, 0) is 0 Å². The Morgan fingerprint density at radius 3 is 2.56 bits per heavy atom. The van der Waals surface area contributed by atoms with Gasteiger partial charge in [0.05, 0.1) is 22.3 Å². The molecule has 2 aromatic rings. The Kier molecular flexibility index (Phi) is 5.20. The standard InChI is InChI=1S/C19H23Cl2N3O/c20-17-6-5-16(11-18(17)21)24-10-7-19(22-24)25-13-15-4-3-14(15)12-23-8-1-2-9-23/h5-7,10-11,14-15H,1-4,8-9,12-13H2/t14?,15-/m0/s1. The summed E-state index contributed by atoms with van der Waals surface area (Å²) in [5, 5.41) is 5.56. The van der Waals surface area contributed by atoms with Crippen LogP contribution < -0.4 is 4.74 Å². The Bertz CT molecular complexity index is 727. The molecule has 1 unspecified atom stereocenters. The molecule has 1 aromatic heterocycles. The van der Waals surface area contributed by atoms with E-state index in [1.165, 1.54) is 45.3 Å². The number of aromatic nitrogens is 2. The lowest BCUT2D eigenvalue weighted by atomic mass is 9.74. The maximum Gasteiger partial charge on any atom is 0.233 e. The van der Waals surface area contributed by atoms with Crippen LogP contribution in [0.25, 0.3) is 5.69 Å². The van der Waals surface area contributed by atoms with Crippen molar-refractivity contribution in [3.05, 3.63) is 40.5 Å². The lowest BCUT2D eigenvalue weighted by Crippen LogP contribution is -2.39. The molecule has 0 radical (unpaired) electrons. The Morgan fingerprint density at radius 2 is 1.84 bits per heavy atom. The summed E-state index contributed by atoms with van der Waals surface area (Å²) in [6.07, 6.45) is 7.21. The smallest absolute Gasteiger partial charge is 0.233 e. The van der Waals surface area contributed by atoms with Crippen molar-refractivity contribution in [2.24, 2.45) is 11.8 Å². The molecule has 1 aliphatic heterocycles. The summed E-state index contributed by atoms with van der Waals surface area (Å²) >= 11 is 12.0. The summed E-state index contributed by atoms with van der Waals surface area (Å²) in [6.45, 7) is 4.55. The summed E-state index contributed by atoms with van der Waals surface area (Å²) in [7, 11) is 0. The van der Waals surface area contributed by atoms with Gasteiger partial charge in [0.15, 0.2) is 0 Å². The molecule has 1 aliphatic carbocycles. The molecule has 0 spiro atoms. The van der Waals surface area contributed by atoms with Crippen LogP contribution in [0.4, 0.5) is 0 Å². The molecule has 2 heterocycles. The molecule has 0 bridgehead atoms. The molecule has 1 aromatic carbocycles. The van der Waals surface area contributed by atoms with Crippen molar-refractivity contribution in [3.8, 4) is 11.6 Å². The number of benzene rings is 1. The first kappa shape index (κ1) is 17.2. The Labute approximate surface area is 158 Å². The van der Waals surface area contributed by atoms with Gasteiger partial charge in [0.25, 0.3) is 0 Å². The molecule has 2 atom stereocenters. The first-order valence-electron chi connectivity index (χ1n) is 9.05. The van der Waals surface area contributed by atoms with Gasteiger partial charge in [-0.05, 0) is 68.8 Å². The second kappa shape index (κ2) is 7.56. The predicted octanol–water partition coefficient (Wildman–Crippen LogP) is 4.68. The molecule has 0 amide bonds. The second-order valence-corrected chi connectivity index (χ2v) is 7.93. The molecule has 134 valence electrons. The predicted molar refractivity (Wildman–Crippen MR) is 101 cm³/mol. The summed E-state index contributed by atoms with van der Waals surface area (Å²) in [5.41, 5.74) is 0.875. The summed E-state index contributed by atoms with van der Waals surface area (Å²) < 4.78 is 7.72. The quantitative estimate of drug-likeness (QED) is 0.729. The minimum Gasteiger partial charge on any atom is -0.476 e. The van der Waals surface area contributed by atoms with Gasteiger partial charge < -0.3 is 9.64 Å². The summed E-state index contributed by atoms with van der Waals surface area (Å²) in [4.78, 5) is 2.61. The molecular weight excluding hydrogens is 357 g/mol. The highest BCUT2D eigenvalue weighted by Gasteiger charge is 2.33. The van der Waals surface area contributed by atoms with E-state index in [4.69, 9.17) is 27.9 Å². The van der Waals surface area contributed by atoms with Gasteiger partial charge in [-0.2, -0.15) is 0 Å². The molecular formula is C19H23Cl2N3O. The first-order valence-corrected chi connectivity index (χ1v) is 9.81. The number of hydrogen-bond donors (Lipinski definition) is 0. The minimum atomic E-state index is 0.524. The highest BCUT2D eigenvalue weighted by molar-refractivity contribution is 6.42. The Hall–Kier alpha value is -1.23. The zero-order chi connectivity index (χ0) is 17.2. The summed E-state index contributed by atoms with van der Waals surface area (Å²) in [6, 6.07) is 7.37. The van der Waals surface area contributed by atoms with E-state index < -0.39 is 0 Å². The number of rotatable bonds is 6. The van der Waals surface area contributed by atoms with E-state index >= 15 is 0 Å². The van der Waals surface area contributed by atoms with Gasteiger partial charge in [0, 0.05) is 18.8 Å². The van der Waals surface area contributed by atoms with Crippen molar-refractivity contribution in [3.63, 3.8) is 0 Å². The van der Waals surface area contributed by atoms with Crippen LogP contribution in [-0.4, -0.2) is 40.9 Å². The minimum absolute atomic E-state index is 0.524. The maximum atomic E-state index is 6.08. The molecule has 6 heteroatoms. The van der Waals surface area contributed by atoms with Crippen molar-refractivity contribution in [1.82, 2.24) is 14.7 Å². The Balaban J connectivity index is 1.31. The normalized spacial score (nSPS) is 23.6. The zero-order valence-corrected chi connectivity index (χ0v) is 15.7. The largest absolute Gasteiger partial charge is 0.476 e. The fraction of sp³-hybridized carbons (Fsp3) is 0.526. The topological polar surface area (TPSA) is 30.3 Å². The van der Waals surface area contributed by atoms with Crippen LogP contribution in [0.5, 0.6) is 5.88 Å². The fourth-order valence-electron chi connectivity index (χ4n) is 3.74. The van der Waals surface area contributed by atoms with Gasteiger partial charge in [-0.3, -0.25) is 0 Å². The van der Waals surface area contributed by atoms with Crippen LogP contribution in [0.2, 0.25) is 10.0 Å². The van der Waals surface area contributed by atoms with Gasteiger partial charge >= 0.3 is 0 Å². The van der Waals surface area contributed by atoms with Gasteiger partial charge in [0.1, 0.15) is 0 Å². The van der Waals surface area contributed by atoms with Crippen LogP contribution >= 0.6 is 23.2 Å². The van der Waals surface area contributed by atoms with Crippen LogP contribution in [0.1, 0.15) is 25.7 Å². The van der Waals surface area contributed by atoms with Crippen LogP contribution in [0.3, 0.4) is 0 Å². The average molecular weight is 380 g/mol. The van der Waals surface area contributed by atoms with Crippen molar-refractivity contribution >= 4 is 23.2 Å². The van der Waals surface area contributed by atoms with Crippen LogP contribution in [0, 0.1) is 11.8 Å². The zero-order valence-electron chi connectivity index (χ0n) is 14.2. The summed E-state index contributed by atoms with van der Waals surface area (Å²) in [5.74, 6) is 2.11. The van der Waals surface area contributed by atoms with Crippen molar-refractivity contribution < 1.29 is 4.74 Å². The molecule has 2 aliphatic rings. The monoisotopic (exact) mass is 379 g/mol. The fourth-order valence-corrected chi connectivity index (χ4v) is 4.03. The van der Waals surface area contributed by atoms with Crippen molar-refractivity contribution in [2.45, 2.75) is 25.7 Å². The van der Waals surface area contributed by atoms with E-state index in [-0.39, 0.29) is 0 Å². The van der Waals surface area contributed by atoms with E-state index in [0.29, 0.717) is 21.8 Å². The number of hydrogen-bond acceptors (Lipinski definition) is 3. The van der Waals surface area contributed by atoms with Crippen LogP contribution in [0.15, 0.2) is 30.5 Å². The molecule has 1 saturated heterocycles. The third kappa shape index (κ3) is 3.97. The number of halogens is 2. The molecule has 4 nitrogen and oxygen atoms in total. The van der Waals surface area contributed by atoms with E-state index in [0.717, 1.165) is 18.2 Å². The highest BCUT2D eigenvalue weighted by atomic mass is 35.5. The van der Waals surface area contributed by atoms with Gasteiger partial charge in [-0.15, -0.1) is 5.10 Å². The molecule has 4 rings (SSSR count). The van der Waals surface area contributed by atoms with E-state index in [1.807, 2.05) is 18.3 Å². The van der Waals surface area contributed by atoms with Gasteiger partial charge in [-0.1, -0.05) is 23.2 Å². The van der Waals surface area contributed by atoms with Crippen molar-refractivity contribution in [1.29, 1.82) is 0 Å². The molecule has 0 N–H and O–H groups in total.